The van der Waals surface area contributed by atoms with E-state index in [9.17, 15) is 0 Å². The van der Waals surface area contributed by atoms with Crippen LogP contribution in [0.1, 0.15) is 38.3 Å². The van der Waals surface area contributed by atoms with Gasteiger partial charge in [0.1, 0.15) is 0 Å². The van der Waals surface area contributed by atoms with Crippen molar-refractivity contribution in [2.24, 2.45) is 7.05 Å². The van der Waals surface area contributed by atoms with E-state index in [4.69, 9.17) is 0 Å². The van der Waals surface area contributed by atoms with Gasteiger partial charge in [0.2, 0.25) is 0 Å². The van der Waals surface area contributed by atoms with E-state index in [1.807, 2.05) is 17.9 Å². The van der Waals surface area contributed by atoms with Crippen molar-refractivity contribution in [3.8, 4) is 0 Å². The molecule has 1 fully saturated rings. The molecular weight excluding hydrogens is 176 g/mol. The zero-order chi connectivity index (χ0) is 10.0. The molecule has 4 nitrogen and oxygen atoms in total. The number of nitrogens with one attached hydrogen (secondary N) is 1. The molecule has 0 aromatic carbocycles. The predicted molar refractivity (Wildman–Crippen MR) is 54.8 cm³/mol. The van der Waals surface area contributed by atoms with E-state index in [0.717, 1.165) is 6.54 Å². The van der Waals surface area contributed by atoms with Gasteiger partial charge in [-0.25, -0.2) is 0 Å². The van der Waals surface area contributed by atoms with Crippen molar-refractivity contribution in [2.75, 3.05) is 6.54 Å². The Kier molecular flexibility index (Phi) is 2.54. The Labute approximate surface area is 84.7 Å². The molecule has 1 unspecified atom stereocenters. The summed E-state index contributed by atoms with van der Waals surface area (Å²) < 4.78 is 1.90. The van der Waals surface area contributed by atoms with Gasteiger partial charge in [0.05, 0.1) is 17.4 Å². The van der Waals surface area contributed by atoms with E-state index in [0.29, 0.717) is 0 Å². The summed E-state index contributed by atoms with van der Waals surface area (Å²) in [6.45, 7) is 3.34. The SMILES string of the molecule is CCCC1(c2cnnn2C)CCCN1. The summed E-state index contributed by atoms with van der Waals surface area (Å²) in [7, 11) is 1.97. The van der Waals surface area contributed by atoms with E-state index in [-0.39, 0.29) is 5.54 Å². The maximum Gasteiger partial charge on any atom is 0.0784 e. The highest BCUT2D eigenvalue weighted by Crippen LogP contribution is 2.34. The normalized spacial score (nSPS) is 27.0. The molecule has 2 rings (SSSR count). The lowest BCUT2D eigenvalue weighted by Gasteiger charge is -2.28. The van der Waals surface area contributed by atoms with Crippen LogP contribution in [0.2, 0.25) is 0 Å². The molecule has 1 N–H and O–H groups in total. The molecule has 0 spiro atoms. The van der Waals surface area contributed by atoms with E-state index >= 15 is 0 Å². The summed E-state index contributed by atoms with van der Waals surface area (Å²) >= 11 is 0. The molecule has 2 heterocycles. The van der Waals surface area contributed by atoms with Gasteiger partial charge in [0.15, 0.2) is 0 Å². The maximum absolute atomic E-state index is 4.02. The average molecular weight is 194 g/mol. The molecule has 1 aliphatic rings. The van der Waals surface area contributed by atoms with Crippen LogP contribution < -0.4 is 5.32 Å². The Balaban J connectivity index is 2.31. The van der Waals surface area contributed by atoms with Crippen LogP contribution in [0.4, 0.5) is 0 Å². The second-order valence-electron chi connectivity index (χ2n) is 4.11. The number of hydrogen-bond acceptors (Lipinski definition) is 3. The first-order valence-corrected chi connectivity index (χ1v) is 5.39. The molecule has 1 aromatic rings. The Morgan fingerprint density at radius 2 is 2.50 bits per heavy atom. The molecule has 1 saturated heterocycles. The average Bonchev–Trinajstić information content (AvgIpc) is 2.75. The first-order chi connectivity index (χ1) is 6.78. The lowest BCUT2D eigenvalue weighted by Crippen LogP contribution is -2.38. The molecular formula is C10H18N4. The van der Waals surface area contributed by atoms with Gasteiger partial charge >= 0.3 is 0 Å². The fourth-order valence-corrected chi connectivity index (χ4v) is 2.52. The Morgan fingerprint density at radius 3 is 3.00 bits per heavy atom. The minimum Gasteiger partial charge on any atom is -0.306 e. The topological polar surface area (TPSA) is 42.7 Å². The predicted octanol–water partition coefficient (Wildman–Crippen LogP) is 1.19. The van der Waals surface area contributed by atoms with Crippen molar-refractivity contribution in [3.05, 3.63) is 11.9 Å². The highest BCUT2D eigenvalue weighted by Gasteiger charge is 2.36. The largest absolute Gasteiger partial charge is 0.306 e. The summed E-state index contributed by atoms with van der Waals surface area (Å²) in [5.41, 5.74) is 1.38. The number of hydrogen-bond donors (Lipinski definition) is 1. The smallest absolute Gasteiger partial charge is 0.0784 e. The monoisotopic (exact) mass is 194 g/mol. The Morgan fingerprint density at radius 1 is 1.64 bits per heavy atom. The van der Waals surface area contributed by atoms with Crippen LogP contribution in [0, 0.1) is 0 Å². The summed E-state index contributed by atoms with van der Waals surface area (Å²) in [5.74, 6) is 0. The van der Waals surface area contributed by atoms with Crippen LogP contribution >= 0.6 is 0 Å². The summed E-state index contributed by atoms with van der Waals surface area (Å²) in [5, 5.41) is 11.6. The first kappa shape index (κ1) is 9.65. The minimum absolute atomic E-state index is 0.146. The Bertz CT molecular complexity index is 299. The standard InChI is InChI=1S/C10H18N4/c1-3-5-10(6-4-7-11-10)9-8-12-13-14(9)2/h8,11H,3-7H2,1-2H3. The molecule has 0 amide bonds. The number of rotatable bonds is 3. The van der Waals surface area contributed by atoms with Crippen molar-refractivity contribution >= 4 is 0 Å². The fourth-order valence-electron chi connectivity index (χ4n) is 2.52. The first-order valence-electron chi connectivity index (χ1n) is 5.39. The van der Waals surface area contributed by atoms with Crippen LogP contribution in [0.5, 0.6) is 0 Å². The molecule has 14 heavy (non-hydrogen) atoms. The maximum atomic E-state index is 4.02. The lowest BCUT2D eigenvalue weighted by atomic mass is 9.88. The van der Waals surface area contributed by atoms with Crippen molar-refractivity contribution in [1.82, 2.24) is 20.3 Å². The number of aromatic nitrogens is 3. The highest BCUT2D eigenvalue weighted by molar-refractivity contribution is 5.14. The van der Waals surface area contributed by atoms with Crippen molar-refractivity contribution < 1.29 is 0 Å². The summed E-state index contributed by atoms with van der Waals surface area (Å²) in [4.78, 5) is 0. The lowest BCUT2D eigenvalue weighted by molar-refractivity contribution is 0.331. The number of nitrogens with zero attached hydrogens (tertiary/aromatic N) is 3. The Hall–Kier alpha value is -0.900. The summed E-state index contributed by atoms with van der Waals surface area (Å²) in [6, 6.07) is 0. The van der Waals surface area contributed by atoms with Gasteiger partial charge < -0.3 is 5.32 Å². The molecule has 4 heteroatoms. The van der Waals surface area contributed by atoms with Crippen molar-refractivity contribution in [1.29, 1.82) is 0 Å². The zero-order valence-corrected chi connectivity index (χ0v) is 8.95. The minimum atomic E-state index is 0.146. The molecule has 1 aliphatic heterocycles. The van der Waals surface area contributed by atoms with E-state index < -0.39 is 0 Å². The molecule has 0 aliphatic carbocycles. The van der Waals surface area contributed by atoms with Crippen LogP contribution in [0.3, 0.4) is 0 Å². The molecule has 0 saturated carbocycles. The second kappa shape index (κ2) is 3.69. The molecule has 0 bridgehead atoms. The third-order valence-corrected chi connectivity index (χ3v) is 3.13. The molecule has 78 valence electrons. The fraction of sp³-hybridized carbons (Fsp3) is 0.800. The second-order valence-corrected chi connectivity index (χ2v) is 4.11. The molecule has 0 radical (unpaired) electrons. The van der Waals surface area contributed by atoms with Gasteiger partial charge in [-0.2, -0.15) is 0 Å². The van der Waals surface area contributed by atoms with Gasteiger partial charge in [-0.1, -0.05) is 18.6 Å². The molecule has 1 atom stereocenters. The van der Waals surface area contributed by atoms with E-state index in [2.05, 4.69) is 22.6 Å². The van der Waals surface area contributed by atoms with Crippen LogP contribution in [-0.2, 0) is 12.6 Å². The molecule has 1 aromatic heterocycles. The van der Waals surface area contributed by atoms with E-state index in [1.54, 1.807) is 0 Å². The van der Waals surface area contributed by atoms with Gasteiger partial charge in [-0.15, -0.1) is 5.10 Å². The highest BCUT2D eigenvalue weighted by atomic mass is 15.4. The van der Waals surface area contributed by atoms with Crippen LogP contribution in [0.25, 0.3) is 0 Å². The van der Waals surface area contributed by atoms with E-state index in [1.165, 1.54) is 31.4 Å². The van der Waals surface area contributed by atoms with Gasteiger partial charge in [0.25, 0.3) is 0 Å². The van der Waals surface area contributed by atoms with Crippen LogP contribution in [0.15, 0.2) is 6.20 Å². The van der Waals surface area contributed by atoms with Crippen molar-refractivity contribution in [2.45, 2.75) is 38.1 Å². The quantitative estimate of drug-likeness (QED) is 0.786. The third kappa shape index (κ3) is 1.43. The van der Waals surface area contributed by atoms with Crippen LogP contribution in [-0.4, -0.2) is 21.5 Å². The van der Waals surface area contributed by atoms with Gasteiger partial charge in [-0.3, -0.25) is 4.68 Å². The zero-order valence-electron chi connectivity index (χ0n) is 8.95. The summed E-state index contributed by atoms with van der Waals surface area (Å²) in [6.07, 6.45) is 6.73. The third-order valence-electron chi connectivity index (χ3n) is 3.13. The number of aryl methyl sites for hydroxylation is 1. The van der Waals surface area contributed by atoms with Gasteiger partial charge in [-0.05, 0) is 25.8 Å². The van der Waals surface area contributed by atoms with Crippen molar-refractivity contribution in [3.63, 3.8) is 0 Å². The van der Waals surface area contributed by atoms with Gasteiger partial charge in [0, 0.05) is 7.05 Å².